The lowest BCUT2D eigenvalue weighted by Gasteiger charge is -2.25. The van der Waals surface area contributed by atoms with E-state index in [9.17, 15) is 9.59 Å². The Morgan fingerprint density at radius 1 is 1.24 bits per heavy atom. The zero-order valence-corrected chi connectivity index (χ0v) is 13.1. The van der Waals surface area contributed by atoms with Crippen molar-refractivity contribution >= 4 is 11.9 Å². The first-order valence-corrected chi connectivity index (χ1v) is 7.75. The molecule has 0 aromatic rings. The normalized spacial score (nSPS) is 28.2. The third kappa shape index (κ3) is 2.76. The Balaban J connectivity index is 2.33. The Kier molecular flexibility index (Phi) is 4.86. The molecule has 0 spiro atoms. The van der Waals surface area contributed by atoms with Crippen molar-refractivity contribution in [3.8, 4) is 0 Å². The molecule has 0 aromatic carbocycles. The Morgan fingerprint density at radius 2 is 1.86 bits per heavy atom. The van der Waals surface area contributed by atoms with E-state index in [0.717, 1.165) is 6.42 Å². The lowest BCUT2D eigenvalue weighted by Crippen LogP contribution is -2.40. The summed E-state index contributed by atoms with van der Waals surface area (Å²) in [4.78, 5) is 24.9. The van der Waals surface area contributed by atoms with Gasteiger partial charge in [0.1, 0.15) is 0 Å². The van der Waals surface area contributed by atoms with Gasteiger partial charge in [-0.1, -0.05) is 23.8 Å². The van der Waals surface area contributed by atoms with E-state index >= 15 is 0 Å². The van der Waals surface area contributed by atoms with Gasteiger partial charge in [0.15, 0.2) is 5.41 Å². The fourth-order valence-electron chi connectivity index (χ4n) is 3.58. The second-order valence-electron chi connectivity index (χ2n) is 5.70. The fourth-order valence-corrected chi connectivity index (χ4v) is 3.58. The van der Waals surface area contributed by atoms with Crippen LogP contribution in [0.25, 0.3) is 0 Å². The predicted molar refractivity (Wildman–Crippen MR) is 79.4 cm³/mol. The minimum Gasteiger partial charge on any atom is -0.465 e. The highest BCUT2D eigenvalue weighted by molar-refractivity contribution is 6.00. The van der Waals surface area contributed by atoms with E-state index in [1.54, 1.807) is 13.8 Å². The number of fused-ring (bicyclic) bond motifs is 1. The monoisotopic (exact) mass is 292 g/mol. The summed E-state index contributed by atoms with van der Waals surface area (Å²) in [6.07, 6.45) is 8.26. The number of carbonyl (C=O) groups excluding carboxylic acids is 2. The van der Waals surface area contributed by atoms with Gasteiger partial charge in [-0.3, -0.25) is 9.59 Å². The van der Waals surface area contributed by atoms with E-state index in [0.29, 0.717) is 12.8 Å². The minimum absolute atomic E-state index is 0.221. The summed E-state index contributed by atoms with van der Waals surface area (Å²) in [5.74, 6) is -0.393. The zero-order chi connectivity index (χ0) is 15.5. The maximum Gasteiger partial charge on any atom is 0.323 e. The van der Waals surface area contributed by atoms with E-state index in [2.05, 4.69) is 18.2 Å². The predicted octanol–water partition coefficient (Wildman–Crippen LogP) is 3.03. The molecule has 4 heteroatoms. The Bertz CT molecular complexity index is 457. The van der Waals surface area contributed by atoms with E-state index in [1.165, 1.54) is 5.57 Å². The van der Waals surface area contributed by atoms with Crippen LogP contribution in [-0.2, 0) is 19.1 Å². The average molecular weight is 292 g/mol. The van der Waals surface area contributed by atoms with Gasteiger partial charge in [0.05, 0.1) is 13.2 Å². The third-order valence-electron chi connectivity index (χ3n) is 4.59. The highest BCUT2D eigenvalue weighted by atomic mass is 16.6. The van der Waals surface area contributed by atoms with Crippen molar-refractivity contribution in [3.63, 3.8) is 0 Å². The number of hydrogen-bond donors (Lipinski definition) is 0. The minimum atomic E-state index is -1.13. The van der Waals surface area contributed by atoms with E-state index in [4.69, 9.17) is 9.47 Å². The van der Waals surface area contributed by atoms with Crippen LogP contribution in [0.2, 0.25) is 0 Å². The molecule has 2 rings (SSSR count). The Labute approximate surface area is 126 Å². The summed E-state index contributed by atoms with van der Waals surface area (Å²) >= 11 is 0. The quantitative estimate of drug-likeness (QED) is 0.454. The molecule has 1 fully saturated rings. The van der Waals surface area contributed by atoms with Crippen LogP contribution in [0.5, 0.6) is 0 Å². The number of rotatable bonds is 4. The summed E-state index contributed by atoms with van der Waals surface area (Å²) in [6.45, 7) is 6.09. The molecule has 116 valence electrons. The SMILES string of the molecule is C/C=C1/CC=C[C@H]2CC(C(=O)OCC)(C(=O)OCC)C[C@H]12. The summed E-state index contributed by atoms with van der Waals surface area (Å²) in [6, 6.07) is 0. The lowest BCUT2D eigenvalue weighted by atomic mass is 9.82. The molecular formula is C17H24O4. The molecule has 0 heterocycles. The van der Waals surface area contributed by atoms with Crippen LogP contribution >= 0.6 is 0 Å². The van der Waals surface area contributed by atoms with Gasteiger partial charge in [-0.15, -0.1) is 0 Å². The molecule has 0 aliphatic heterocycles. The summed E-state index contributed by atoms with van der Waals surface area (Å²) in [7, 11) is 0. The Hall–Kier alpha value is -1.58. The van der Waals surface area contributed by atoms with Crippen molar-refractivity contribution in [1.29, 1.82) is 0 Å². The first-order valence-electron chi connectivity index (χ1n) is 7.75. The molecule has 0 saturated heterocycles. The molecule has 1 saturated carbocycles. The number of esters is 2. The highest BCUT2D eigenvalue weighted by Gasteiger charge is 2.57. The van der Waals surface area contributed by atoms with Crippen molar-refractivity contribution in [2.75, 3.05) is 13.2 Å². The number of ether oxygens (including phenoxy) is 2. The largest absolute Gasteiger partial charge is 0.465 e. The average Bonchev–Trinajstić information content (AvgIpc) is 2.88. The van der Waals surface area contributed by atoms with Crippen LogP contribution in [0.3, 0.4) is 0 Å². The van der Waals surface area contributed by atoms with Crippen LogP contribution in [0, 0.1) is 17.3 Å². The van der Waals surface area contributed by atoms with E-state index in [-0.39, 0.29) is 25.0 Å². The number of hydrogen-bond acceptors (Lipinski definition) is 4. The summed E-state index contributed by atoms with van der Waals surface area (Å²) in [5.41, 5.74) is 0.169. The van der Waals surface area contributed by atoms with Gasteiger partial charge < -0.3 is 9.47 Å². The first kappa shape index (κ1) is 15.8. The number of allylic oxidation sites excluding steroid dienone is 4. The molecule has 21 heavy (non-hydrogen) atoms. The molecule has 2 aliphatic carbocycles. The van der Waals surface area contributed by atoms with Crippen LogP contribution in [0.4, 0.5) is 0 Å². The number of carbonyl (C=O) groups is 2. The van der Waals surface area contributed by atoms with Gasteiger partial charge in [0, 0.05) is 0 Å². The molecule has 2 atom stereocenters. The molecule has 2 aliphatic rings. The van der Waals surface area contributed by atoms with Crippen molar-refractivity contribution < 1.29 is 19.1 Å². The summed E-state index contributed by atoms with van der Waals surface area (Å²) in [5, 5.41) is 0. The van der Waals surface area contributed by atoms with Gasteiger partial charge in [0.2, 0.25) is 0 Å². The molecule has 0 amide bonds. The molecule has 0 bridgehead atoms. The van der Waals surface area contributed by atoms with Gasteiger partial charge >= 0.3 is 11.9 Å². The molecule has 0 aromatic heterocycles. The molecule has 4 nitrogen and oxygen atoms in total. The second-order valence-corrected chi connectivity index (χ2v) is 5.70. The van der Waals surface area contributed by atoms with Crippen LogP contribution in [-0.4, -0.2) is 25.2 Å². The van der Waals surface area contributed by atoms with Gasteiger partial charge in [-0.2, -0.15) is 0 Å². The van der Waals surface area contributed by atoms with Crippen molar-refractivity contribution in [2.45, 2.75) is 40.0 Å². The van der Waals surface area contributed by atoms with Crippen molar-refractivity contribution in [2.24, 2.45) is 17.3 Å². The lowest BCUT2D eigenvalue weighted by molar-refractivity contribution is -0.171. The first-order chi connectivity index (χ1) is 10.1. The standard InChI is InChI=1S/C17H24O4/c1-4-12-8-7-9-13-10-17(11-14(12)13,15(18)20-5-2)16(19)21-6-3/h4,7,9,13-14H,5-6,8,10-11H2,1-3H3/b12-4-/t13-,14+/m0/s1. The molecule has 0 radical (unpaired) electrons. The Morgan fingerprint density at radius 3 is 2.38 bits per heavy atom. The van der Waals surface area contributed by atoms with Crippen LogP contribution in [0.15, 0.2) is 23.8 Å². The van der Waals surface area contributed by atoms with E-state index in [1.807, 2.05) is 6.92 Å². The van der Waals surface area contributed by atoms with Crippen LogP contribution in [0.1, 0.15) is 40.0 Å². The topological polar surface area (TPSA) is 52.6 Å². The maximum atomic E-state index is 12.5. The zero-order valence-electron chi connectivity index (χ0n) is 13.1. The maximum absolute atomic E-state index is 12.5. The van der Waals surface area contributed by atoms with E-state index < -0.39 is 17.4 Å². The van der Waals surface area contributed by atoms with Crippen LogP contribution < -0.4 is 0 Å². The molecule has 0 N–H and O–H groups in total. The van der Waals surface area contributed by atoms with Crippen molar-refractivity contribution in [1.82, 2.24) is 0 Å². The van der Waals surface area contributed by atoms with Crippen molar-refractivity contribution in [3.05, 3.63) is 23.8 Å². The van der Waals surface area contributed by atoms with Gasteiger partial charge in [0.25, 0.3) is 0 Å². The van der Waals surface area contributed by atoms with Gasteiger partial charge in [-0.25, -0.2) is 0 Å². The molecule has 0 unspecified atom stereocenters. The van der Waals surface area contributed by atoms with Gasteiger partial charge in [-0.05, 0) is 51.9 Å². The smallest absolute Gasteiger partial charge is 0.323 e. The third-order valence-corrected chi connectivity index (χ3v) is 4.59. The second kappa shape index (κ2) is 6.46. The highest BCUT2D eigenvalue weighted by Crippen LogP contribution is 2.52. The molecular weight excluding hydrogens is 268 g/mol. The summed E-state index contributed by atoms with van der Waals surface area (Å²) < 4.78 is 10.4. The fraction of sp³-hybridized carbons (Fsp3) is 0.647.